The van der Waals surface area contributed by atoms with E-state index in [2.05, 4.69) is 5.32 Å². The maximum absolute atomic E-state index is 12.8. The summed E-state index contributed by atoms with van der Waals surface area (Å²) in [6.45, 7) is 4.24. The lowest BCUT2D eigenvalue weighted by Gasteiger charge is -2.21. The van der Waals surface area contributed by atoms with E-state index >= 15 is 0 Å². The van der Waals surface area contributed by atoms with E-state index in [4.69, 9.17) is 14.2 Å². The van der Waals surface area contributed by atoms with Crippen LogP contribution in [0.25, 0.3) is 0 Å². The largest absolute Gasteiger partial charge is 0.493 e. The second kappa shape index (κ2) is 11.3. The Morgan fingerprint density at radius 1 is 0.917 bits per heavy atom. The smallest absolute Gasteiger partial charge is 0.232 e. The minimum atomic E-state index is -3.52. The molecule has 0 fully saturated rings. The third-order valence-corrected chi connectivity index (χ3v) is 6.97. The van der Waals surface area contributed by atoms with Gasteiger partial charge in [-0.05, 0) is 54.8 Å². The first-order valence-corrected chi connectivity index (χ1v) is 13.1. The summed E-state index contributed by atoms with van der Waals surface area (Å²) in [5, 5.41) is 2.86. The summed E-state index contributed by atoms with van der Waals surface area (Å²) >= 11 is 0. The molecule has 0 aliphatic rings. The van der Waals surface area contributed by atoms with Crippen molar-refractivity contribution in [3.8, 4) is 17.2 Å². The Bertz CT molecular complexity index is 1350. The summed E-state index contributed by atoms with van der Waals surface area (Å²) in [4.78, 5) is 12.8. The minimum absolute atomic E-state index is 0.115. The van der Waals surface area contributed by atoms with Gasteiger partial charge in [0.15, 0.2) is 11.5 Å². The molecule has 0 spiro atoms. The molecule has 0 aromatic heterocycles. The summed E-state index contributed by atoms with van der Waals surface area (Å²) in [7, 11) is 1.03. The van der Waals surface area contributed by atoms with E-state index in [-0.39, 0.29) is 18.9 Å². The van der Waals surface area contributed by atoms with Gasteiger partial charge in [0.05, 0.1) is 32.6 Å². The number of amides is 1. The molecule has 0 bridgehead atoms. The van der Waals surface area contributed by atoms with E-state index in [9.17, 15) is 13.2 Å². The first-order chi connectivity index (χ1) is 17.0. The summed E-state index contributed by atoms with van der Waals surface area (Å²) in [6, 6.07) is 16.3. The molecular weight excluding hydrogens is 480 g/mol. The Morgan fingerprint density at radius 2 is 1.64 bits per heavy atom. The van der Waals surface area contributed by atoms with Gasteiger partial charge in [-0.15, -0.1) is 0 Å². The van der Waals surface area contributed by atoms with Crippen LogP contribution < -0.4 is 23.8 Å². The maximum Gasteiger partial charge on any atom is 0.232 e. The highest BCUT2D eigenvalue weighted by atomic mass is 32.2. The second-order valence-electron chi connectivity index (χ2n) is 8.55. The number of hydrogen-bond acceptors (Lipinski definition) is 6. The van der Waals surface area contributed by atoms with Crippen LogP contribution in [0.1, 0.15) is 22.3 Å². The summed E-state index contributed by atoms with van der Waals surface area (Å²) in [6.07, 6.45) is 1.24. The van der Waals surface area contributed by atoms with Crippen LogP contribution in [0.2, 0.25) is 0 Å². The normalized spacial score (nSPS) is 11.1. The van der Waals surface area contributed by atoms with Crippen molar-refractivity contribution in [2.24, 2.45) is 0 Å². The first-order valence-electron chi connectivity index (χ1n) is 11.3. The van der Waals surface area contributed by atoms with Crippen molar-refractivity contribution in [3.63, 3.8) is 0 Å². The van der Waals surface area contributed by atoms with Gasteiger partial charge in [0.2, 0.25) is 15.9 Å². The van der Waals surface area contributed by atoms with Gasteiger partial charge in [-0.25, -0.2) is 8.42 Å². The first kappa shape index (κ1) is 26.9. The third kappa shape index (κ3) is 6.69. The van der Waals surface area contributed by atoms with Gasteiger partial charge in [0.25, 0.3) is 0 Å². The van der Waals surface area contributed by atoms with Gasteiger partial charge in [-0.1, -0.05) is 29.8 Å². The average molecular weight is 513 g/mol. The van der Waals surface area contributed by atoms with E-state index in [1.165, 1.54) is 14.2 Å². The molecular formula is C27H32N2O6S. The summed E-state index contributed by atoms with van der Waals surface area (Å²) in [5.74, 6) is 1.22. The predicted octanol–water partition coefficient (Wildman–Crippen LogP) is 4.48. The van der Waals surface area contributed by atoms with Crippen LogP contribution in [0, 0.1) is 13.8 Å². The lowest BCUT2D eigenvalue weighted by molar-refractivity contribution is -0.115. The monoisotopic (exact) mass is 512 g/mol. The van der Waals surface area contributed by atoms with Gasteiger partial charge < -0.3 is 19.5 Å². The zero-order valence-corrected chi connectivity index (χ0v) is 22.2. The van der Waals surface area contributed by atoms with Crippen molar-refractivity contribution >= 4 is 27.3 Å². The van der Waals surface area contributed by atoms with Crippen LogP contribution >= 0.6 is 0 Å². The molecule has 9 heteroatoms. The minimum Gasteiger partial charge on any atom is -0.493 e. The Hall–Kier alpha value is -3.72. The Labute approximate surface area is 212 Å². The van der Waals surface area contributed by atoms with E-state index < -0.39 is 10.0 Å². The highest BCUT2D eigenvalue weighted by molar-refractivity contribution is 7.92. The third-order valence-electron chi connectivity index (χ3n) is 5.78. The fourth-order valence-corrected chi connectivity index (χ4v) is 4.15. The molecule has 0 aliphatic carbocycles. The quantitative estimate of drug-likeness (QED) is 0.431. The number of rotatable bonds is 10. The van der Waals surface area contributed by atoms with Crippen molar-refractivity contribution in [3.05, 3.63) is 76.9 Å². The summed E-state index contributed by atoms with van der Waals surface area (Å²) in [5.41, 5.74) is 4.78. The molecule has 0 aliphatic heterocycles. The Morgan fingerprint density at radius 3 is 2.31 bits per heavy atom. The number of methoxy groups -OCH3 is 2. The van der Waals surface area contributed by atoms with E-state index in [0.717, 1.165) is 32.8 Å². The van der Waals surface area contributed by atoms with Crippen molar-refractivity contribution in [2.45, 2.75) is 26.9 Å². The van der Waals surface area contributed by atoms with Gasteiger partial charge in [0.1, 0.15) is 12.4 Å². The topological polar surface area (TPSA) is 94.2 Å². The van der Waals surface area contributed by atoms with Crippen LogP contribution in [0.4, 0.5) is 11.4 Å². The number of anilines is 2. The molecule has 0 unspecified atom stereocenters. The van der Waals surface area contributed by atoms with Crippen molar-refractivity contribution in [1.29, 1.82) is 0 Å². The highest BCUT2D eigenvalue weighted by Gasteiger charge is 2.18. The molecule has 0 radical (unpaired) electrons. The molecule has 8 nitrogen and oxygen atoms in total. The molecule has 36 heavy (non-hydrogen) atoms. The molecule has 0 atom stereocenters. The molecule has 3 aromatic rings. The number of nitrogens with one attached hydrogen (secondary N) is 1. The number of nitrogens with zero attached hydrogens (tertiary/aromatic N) is 1. The Balaban J connectivity index is 1.84. The number of ether oxygens (including phenoxy) is 3. The molecule has 192 valence electrons. The number of sulfonamides is 1. The average Bonchev–Trinajstić information content (AvgIpc) is 2.83. The highest BCUT2D eigenvalue weighted by Crippen LogP contribution is 2.33. The number of carbonyl (C=O) groups is 1. The van der Waals surface area contributed by atoms with E-state index in [1.807, 2.05) is 32.0 Å². The molecule has 0 saturated heterocycles. The van der Waals surface area contributed by atoms with Crippen LogP contribution in [-0.4, -0.2) is 41.8 Å². The molecule has 0 heterocycles. The van der Waals surface area contributed by atoms with Crippen LogP contribution in [0.3, 0.4) is 0 Å². The van der Waals surface area contributed by atoms with Crippen molar-refractivity contribution in [1.82, 2.24) is 0 Å². The molecule has 1 amide bonds. The molecule has 1 N–H and O–H groups in total. The number of benzene rings is 3. The van der Waals surface area contributed by atoms with Crippen molar-refractivity contribution in [2.75, 3.05) is 37.1 Å². The van der Waals surface area contributed by atoms with Crippen LogP contribution in [-0.2, 0) is 27.8 Å². The SMILES string of the molecule is COc1ccc(CC(=O)Nc2ccc(N(C)S(C)(=O)=O)c(OCc3cc(C)ccc3C)c2)cc1OC. The van der Waals surface area contributed by atoms with Gasteiger partial charge >= 0.3 is 0 Å². The van der Waals surface area contributed by atoms with Gasteiger partial charge in [0, 0.05) is 18.8 Å². The number of aryl methyl sites for hydroxylation is 2. The maximum atomic E-state index is 12.8. The summed E-state index contributed by atoms with van der Waals surface area (Å²) < 4.78 is 42.2. The Kier molecular flexibility index (Phi) is 8.47. The fraction of sp³-hybridized carbons (Fsp3) is 0.296. The standard InChI is InChI=1S/C27H32N2O6S/c1-18-7-8-19(2)21(13-18)17-35-25-16-22(10-11-23(25)29(3)36(6,31)32)28-27(30)15-20-9-12-24(33-4)26(14-20)34-5/h7-14,16H,15,17H2,1-6H3,(H,28,30). The van der Waals surface area contributed by atoms with Crippen LogP contribution in [0.15, 0.2) is 54.6 Å². The molecule has 3 rings (SSSR count). The second-order valence-corrected chi connectivity index (χ2v) is 10.6. The fourth-order valence-electron chi connectivity index (χ4n) is 3.64. The molecule has 3 aromatic carbocycles. The predicted molar refractivity (Wildman–Crippen MR) is 142 cm³/mol. The van der Waals surface area contributed by atoms with E-state index in [1.54, 1.807) is 43.5 Å². The number of carbonyl (C=O) groups excluding carboxylic acids is 1. The van der Waals surface area contributed by atoms with Gasteiger partial charge in [-0.2, -0.15) is 0 Å². The zero-order chi connectivity index (χ0) is 26.5. The van der Waals surface area contributed by atoms with Crippen LogP contribution in [0.5, 0.6) is 17.2 Å². The number of hydrogen-bond donors (Lipinski definition) is 1. The lowest BCUT2D eigenvalue weighted by atomic mass is 10.1. The lowest BCUT2D eigenvalue weighted by Crippen LogP contribution is -2.25. The zero-order valence-electron chi connectivity index (χ0n) is 21.4. The van der Waals surface area contributed by atoms with E-state index in [0.29, 0.717) is 28.6 Å². The van der Waals surface area contributed by atoms with Gasteiger partial charge in [-0.3, -0.25) is 9.10 Å². The molecule has 0 saturated carbocycles. The van der Waals surface area contributed by atoms with Crippen molar-refractivity contribution < 1.29 is 27.4 Å².